The Morgan fingerprint density at radius 1 is 1.07 bits per heavy atom. The molecule has 0 atom stereocenters. The number of amides is 1. The van der Waals surface area contributed by atoms with Crippen LogP contribution in [0.4, 0.5) is 10.1 Å². The van der Waals surface area contributed by atoms with Gasteiger partial charge in [-0.05, 0) is 42.5 Å². The SMILES string of the molecule is O=C(Nc1cc(Cl)ccc1Cl)c1cc2cccnc2n(Cc2ccccc2F)c1=O. The summed E-state index contributed by atoms with van der Waals surface area (Å²) in [6, 6.07) is 15.6. The van der Waals surface area contributed by atoms with Gasteiger partial charge in [0.2, 0.25) is 0 Å². The van der Waals surface area contributed by atoms with Gasteiger partial charge < -0.3 is 5.32 Å². The third kappa shape index (κ3) is 3.92. The number of anilines is 1. The average molecular weight is 442 g/mol. The highest BCUT2D eigenvalue weighted by Gasteiger charge is 2.18. The summed E-state index contributed by atoms with van der Waals surface area (Å²) in [7, 11) is 0. The number of hydrogen-bond acceptors (Lipinski definition) is 3. The molecule has 4 rings (SSSR count). The normalized spacial score (nSPS) is 10.9. The van der Waals surface area contributed by atoms with Crippen molar-refractivity contribution in [3.05, 3.63) is 104 Å². The second kappa shape index (κ2) is 8.26. The molecule has 150 valence electrons. The van der Waals surface area contributed by atoms with Crippen molar-refractivity contribution >= 4 is 45.8 Å². The molecule has 1 N–H and O–H groups in total. The topological polar surface area (TPSA) is 64.0 Å². The van der Waals surface area contributed by atoms with E-state index in [1.54, 1.807) is 42.5 Å². The van der Waals surface area contributed by atoms with E-state index >= 15 is 0 Å². The standard InChI is InChI=1S/C22H14Cl2FN3O2/c23-15-7-8-17(24)19(11-15)27-21(29)16-10-13-5-3-9-26-20(13)28(22(16)30)12-14-4-1-2-6-18(14)25/h1-11H,12H2,(H,27,29). The van der Waals surface area contributed by atoms with Crippen molar-refractivity contribution in [2.45, 2.75) is 6.54 Å². The summed E-state index contributed by atoms with van der Waals surface area (Å²) in [6.45, 7) is -0.0714. The van der Waals surface area contributed by atoms with Crippen molar-refractivity contribution in [1.29, 1.82) is 0 Å². The van der Waals surface area contributed by atoms with E-state index < -0.39 is 17.3 Å². The van der Waals surface area contributed by atoms with Gasteiger partial charge in [-0.2, -0.15) is 0 Å². The van der Waals surface area contributed by atoms with Gasteiger partial charge in [0.05, 0.1) is 17.3 Å². The molecule has 8 heteroatoms. The fourth-order valence-corrected chi connectivity index (χ4v) is 3.43. The molecule has 2 aromatic carbocycles. The molecule has 2 heterocycles. The van der Waals surface area contributed by atoms with Crippen molar-refractivity contribution in [3.8, 4) is 0 Å². The Labute approximate surface area is 180 Å². The molecule has 0 fully saturated rings. The highest BCUT2D eigenvalue weighted by Crippen LogP contribution is 2.26. The van der Waals surface area contributed by atoms with E-state index in [-0.39, 0.29) is 22.8 Å². The number of nitrogens with one attached hydrogen (secondary N) is 1. The molecule has 30 heavy (non-hydrogen) atoms. The Bertz CT molecular complexity index is 1340. The molecule has 5 nitrogen and oxygen atoms in total. The number of hydrogen-bond donors (Lipinski definition) is 1. The van der Waals surface area contributed by atoms with Crippen LogP contribution < -0.4 is 10.9 Å². The maximum absolute atomic E-state index is 14.2. The first-order chi connectivity index (χ1) is 14.4. The molecule has 0 radical (unpaired) electrons. The van der Waals surface area contributed by atoms with Gasteiger partial charge in [-0.15, -0.1) is 0 Å². The van der Waals surface area contributed by atoms with Gasteiger partial charge in [0.25, 0.3) is 11.5 Å². The molecule has 0 unspecified atom stereocenters. The minimum atomic E-state index is -0.655. The molecule has 2 aromatic heterocycles. The van der Waals surface area contributed by atoms with Crippen LogP contribution in [0.25, 0.3) is 11.0 Å². The lowest BCUT2D eigenvalue weighted by Crippen LogP contribution is -2.30. The molecule has 0 aliphatic carbocycles. The van der Waals surface area contributed by atoms with Gasteiger partial charge in [-0.1, -0.05) is 41.4 Å². The van der Waals surface area contributed by atoms with Crippen molar-refractivity contribution in [1.82, 2.24) is 9.55 Å². The Kier molecular flexibility index (Phi) is 5.53. The molecule has 4 aromatic rings. The highest BCUT2D eigenvalue weighted by molar-refractivity contribution is 6.35. The second-order valence-corrected chi connectivity index (χ2v) is 7.38. The van der Waals surface area contributed by atoms with Crippen molar-refractivity contribution in [2.24, 2.45) is 0 Å². The first kappa shape index (κ1) is 20.1. The summed E-state index contributed by atoms with van der Waals surface area (Å²) in [6.07, 6.45) is 1.53. The lowest BCUT2D eigenvalue weighted by molar-refractivity contribution is 0.102. The molecule has 0 saturated carbocycles. The Balaban J connectivity index is 1.82. The lowest BCUT2D eigenvalue weighted by Gasteiger charge is -2.13. The molecule has 0 aliphatic heterocycles. The number of halogens is 3. The fourth-order valence-electron chi connectivity index (χ4n) is 3.10. The van der Waals surface area contributed by atoms with Crippen molar-refractivity contribution in [2.75, 3.05) is 5.32 Å². The monoisotopic (exact) mass is 441 g/mol. The zero-order chi connectivity index (χ0) is 21.3. The van der Waals surface area contributed by atoms with Gasteiger partial charge in [0.15, 0.2) is 0 Å². The van der Waals surface area contributed by atoms with Gasteiger partial charge in [-0.25, -0.2) is 9.37 Å². The predicted molar refractivity (Wildman–Crippen MR) is 116 cm³/mol. The van der Waals surface area contributed by atoms with Crippen LogP contribution in [-0.4, -0.2) is 15.5 Å². The zero-order valence-corrected chi connectivity index (χ0v) is 16.9. The Morgan fingerprint density at radius 2 is 1.87 bits per heavy atom. The van der Waals surface area contributed by atoms with Crippen LogP contribution in [0.5, 0.6) is 0 Å². The van der Waals surface area contributed by atoms with Crippen LogP contribution in [-0.2, 0) is 6.54 Å². The molecule has 0 saturated heterocycles. The number of carbonyl (C=O) groups excluding carboxylic acids is 1. The van der Waals surface area contributed by atoms with Crippen LogP contribution in [0.2, 0.25) is 10.0 Å². The first-order valence-electron chi connectivity index (χ1n) is 8.92. The molecule has 0 bridgehead atoms. The van der Waals surface area contributed by atoms with Crippen LogP contribution >= 0.6 is 23.2 Å². The number of fused-ring (bicyclic) bond motifs is 1. The number of nitrogens with zero attached hydrogens (tertiary/aromatic N) is 2. The number of pyridine rings is 2. The van der Waals surface area contributed by atoms with Crippen molar-refractivity contribution < 1.29 is 9.18 Å². The predicted octanol–water partition coefficient (Wildman–Crippen LogP) is 5.14. The zero-order valence-electron chi connectivity index (χ0n) is 15.4. The minimum Gasteiger partial charge on any atom is -0.320 e. The van der Waals surface area contributed by atoms with Crippen molar-refractivity contribution in [3.63, 3.8) is 0 Å². The maximum atomic E-state index is 14.2. The number of rotatable bonds is 4. The summed E-state index contributed by atoms with van der Waals surface area (Å²) in [5.41, 5.74) is 0.216. The van der Waals surface area contributed by atoms with E-state index in [1.807, 2.05) is 0 Å². The van der Waals surface area contributed by atoms with E-state index in [1.165, 1.54) is 29.0 Å². The van der Waals surface area contributed by atoms with E-state index in [2.05, 4.69) is 10.3 Å². The number of carbonyl (C=O) groups is 1. The van der Waals surface area contributed by atoms with Gasteiger partial charge in [-0.3, -0.25) is 14.2 Å². The third-order valence-corrected chi connectivity index (χ3v) is 5.12. The summed E-state index contributed by atoms with van der Waals surface area (Å²) >= 11 is 12.1. The summed E-state index contributed by atoms with van der Waals surface area (Å²) in [4.78, 5) is 30.3. The van der Waals surface area contributed by atoms with Crippen LogP contribution in [0.1, 0.15) is 15.9 Å². The lowest BCUT2D eigenvalue weighted by atomic mass is 10.1. The van der Waals surface area contributed by atoms with E-state index in [4.69, 9.17) is 23.2 Å². The van der Waals surface area contributed by atoms with Gasteiger partial charge in [0.1, 0.15) is 17.0 Å². The average Bonchev–Trinajstić information content (AvgIpc) is 2.74. The summed E-state index contributed by atoms with van der Waals surface area (Å²) in [5.74, 6) is -1.11. The molecule has 0 spiro atoms. The van der Waals surface area contributed by atoms with Crippen LogP contribution in [0.3, 0.4) is 0 Å². The Morgan fingerprint density at radius 3 is 2.67 bits per heavy atom. The molecule has 0 aliphatic rings. The van der Waals surface area contributed by atoms with E-state index in [0.717, 1.165) is 0 Å². The van der Waals surface area contributed by atoms with Gasteiger partial charge in [0, 0.05) is 22.2 Å². The molecule has 1 amide bonds. The first-order valence-corrected chi connectivity index (χ1v) is 9.68. The highest BCUT2D eigenvalue weighted by atomic mass is 35.5. The Hall–Kier alpha value is -3.22. The smallest absolute Gasteiger partial charge is 0.265 e. The van der Waals surface area contributed by atoms with E-state index in [9.17, 15) is 14.0 Å². The van der Waals surface area contributed by atoms with E-state index in [0.29, 0.717) is 21.6 Å². The third-order valence-electron chi connectivity index (χ3n) is 4.56. The maximum Gasteiger partial charge on any atom is 0.265 e. The summed E-state index contributed by atoms with van der Waals surface area (Å²) < 4.78 is 15.5. The largest absolute Gasteiger partial charge is 0.320 e. The minimum absolute atomic E-state index is 0.0714. The number of benzene rings is 2. The van der Waals surface area contributed by atoms with Gasteiger partial charge >= 0.3 is 0 Å². The molecular weight excluding hydrogens is 428 g/mol. The number of aromatic nitrogens is 2. The second-order valence-electron chi connectivity index (χ2n) is 6.54. The quantitative estimate of drug-likeness (QED) is 0.476. The van der Waals surface area contributed by atoms with Crippen LogP contribution in [0, 0.1) is 5.82 Å². The molecular formula is C22H14Cl2FN3O2. The summed E-state index contributed by atoms with van der Waals surface area (Å²) in [5, 5.41) is 3.84. The van der Waals surface area contributed by atoms with Crippen LogP contribution in [0.15, 0.2) is 71.7 Å². The fraction of sp³-hybridized carbons (Fsp3) is 0.0455.